The fraction of sp³-hybridized carbons (Fsp3) is 0.381. The fourth-order valence-corrected chi connectivity index (χ4v) is 4.65. The van der Waals surface area contributed by atoms with Crippen molar-refractivity contribution in [1.29, 1.82) is 0 Å². The summed E-state index contributed by atoms with van der Waals surface area (Å²) in [6.07, 6.45) is 3.59. The molecule has 28 heavy (non-hydrogen) atoms. The quantitative estimate of drug-likeness (QED) is 0.761. The van der Waals surface area contributed by atoms with E-state index in [-0.39, 0.29) is 18.5 Å². The largest absolute Gasteiger partial charge is 0.353 e. The number of likely N-dealkylation sites (tertiary alicyclic amines) is 1. The number of nitrogens with one attached hydrogen (secondary N) is 1. The Morgan fingerprint density at radius 3 is 2.32 bits per heavy atom. The summed E-state index contributed by atoms with van der Waals surface area (Å²) >= 11 is 1.65. The lowest BCUT2D eigenvalue weighted by atomic mass is 10.0. The van der Waals surface area contributed by atoms with Gasteiger partial charge in [-0.25, -0.2) is 0 Å². The van der Waals surface area contributed by atoms with Gasteiger partial charge >= 0.3 is 0 Å². The van der Waals surface area contributed by atoms with E-state index in [1.807, 2.05) is 5.38 Å². The zero-order chi connectivity index (χ0) is 19.5. The fourth-order valence-electron chi connectivity index (χ4n) is 3.95. The summed E-state index contributed by atoms with van der Waals surface area (Å²) < 4.78 is 0. The van der Waals surface area contributed by atoms with E-state index in [4.69, 9.17) is 0 Å². The monoisotopic (exact) mass is 397 g/mol. The minimum atomic E-state index is -0.402. The van der Waals surface area contributed by atoms with Crippen LogP contribution >= 0.6 is 11.3 Å². The molecule has 0 saturated carbocycles. The lowest BCUT2D eigenvalue weighted by Crippen LogP contribution is -2.44. The van der Waals surface area contributed by atoms with Crippen molar-refractivity contribution in [3.63, 3.8) is 0 Å². The summed E-state index contributed by atoms with van der Waals surface area (Å²) in [5, 5.41) is 7.11. The number of imide groups is 1. The van der Waals surface area contributed by atoms with Gasteiger partial charge in [0, 0.05) is 6.54 Å². The van der Waals surface area contributed by atoms with Crippen LogP contribution in [-0.2, 0) is 4.79 Å². The highest BCUT2D eigenvalue weighted by atomic mass is 32.1. The predicted molar refractivity (Wildman–Crippen MR) is 107 cm³/mol. The smallest absolute Gasteiger partial charge is 0.262 e. The van der Waals surface area contributed by atoms with Gasteiger partial charge in [-0.2, -0.15) is 11.3 Å². The van der Waals surface area contributed by atoms with E-state index in [2.05, 4.69) is 21.7 Å². The Morgan fingerprint density at radius 1 is 1.04 bits per heavy atom. The molecule has 1 N–H and O–H groups in total. The van der Waals surface area contributed by atoms with Gasteiger partial charge in [0.25, 0.3) is 11.8 Å². The molecule has 0 bridgehead atoms. The lowest BCUT2D eigenvalue weighted by Gasteiger charge is -2.34. The summed E-state index contributed by atoms with van der Waals surface area (Å²) in [5.74, 6) is -1.12. The maximum atomic E-state index is 12.5. The second-order valence-corrected chi connectivity index (χ2v) is 8.00. The molecule has 6 nitrogen and oxygen atoms in total. The first-order valence-corrected chi connectivity index (χ1v) is 10.6. The van der Waals surface area contributed by atoms with E-state index in [0.717, 1.165) is 18.0 Å². The van der Waals surface area contributed by atoms with Crippen LogP contribution < -0.4 is 5.32 Å². The van der Waals surface area contributed by atoms with Gasteiger partial charge < -0.3 is 5.32 Å². The van der Waals surface area contributed by atoms with E-state index in [1.54, 1.807) is 35.6 Å². The maximum Gasteiger partial charge on any atom is 0.262 e. The molecule has 0 spiro atoms. The van der Waals surface area contributed by atoms with E-state index >= 15 is 0 Å². The van der Waals surface area contributed by atoms with Crippen molar-refractivity contribution in [1.82, 2.24) is 15.1 Å². The Balaban J connectivity index is 1.39. The third-order valence-corrected chi connectivity index (χ3v) is 6.13. The van der Waals surface area contributed by atoms with Crippen LogP contribution in [-0.4, -0.2) is 53.7 Å². The summed E-state index contributed by atoms with van der Waals surface area (Å²) in [7, 11) is 0. The van der Waals surface area contributed by atoms with Crippen molar-refractivity contribution in [3.8, 4) is 0 Å². The van der Waals surface area contributed by atoms with Crippen LogP contribution in [0.25, 0.3) is 0 Å². The number of nitrogens with zero attached hydrogens (tertiary/aromatic N) is 2. The molecule has 146 valence electrons. The SMILES string of the molecule is O=C(CN1C(=O)c2ccccc2C1=O)NCC(c1ccsc1)N1CCCCC1. The summed E-state index contributed by atoms with van der Waals surface area (Å²) in [6.45, 7) is 2.27. The molecule has 1 unspecified atom stereocenters. The average Bonchev–Trinajstić information content (AvgIpc) is 3.33. The minimum Gasteiger partial charge on any atom is -0.353 e. The molecule has 3 amide bonds. The first-order chi connectivity index (χ1) is 13.6. The predicted octanol–water partition coefficient (Wildman–Crippen LogP) is 2.69. The van der Waals surface area contributed by atoms with Gasteiger partial charge in [-0.05, 0) is 60.5 Å². The number of thiophene rings is 1. The highest BCUT2D eigenvalue weighted by molar-refractivity contribution is 7.08. The molecule has 2 aliphatic heterocycles. The molecule has 1 fully saturated rings. The zero-order valence-corrected chi connectivity index (χ0v) is 16.4. The molecule has 1 saturated heterocycles. The standard InChI is InChI=1S/C21H23N3O3S/c25-19(13-24-20(26)16-6-2-3-7-17(16)21(24)27)22-12-18(15-8-11-28-14-15)23-9-4-1-5-10-23/h2-3,6-8,11,14,18H,1,4-5,9-10,12-13H2,(H,22,25). The number of carbonyl (C=O) groups excluding carboxylic acids is 3. The van der Waals surface area contributed by atoms with Crippen LogP contribution in [0.1, 0.15) is 51.6 Å². The molecular formula is C21H23N3O3S. The molecule has 2 aromatic rings. The number of piperidine rings is 1. The van der Waals surface area contributed by atoms with E-state index in [9.17, 15) is 14.4 Å². The molecule has 0 radical (unpaired) electrons. The Morgan fingerprint density at radius 2 is 1.71 bits per heavy atom. The lowest BCUT2D eigenvalue weighted by molar-refractivity contribution is -0.121. The van der Waals surface area contributed by atoms with Crippen LogP contribution in [0.5, 0.6) is 0 Å². The Kier molecular flexibility index (Phi) is 5.54. The number of hydrogen-bond donors (Lipinski definition) is 1. The van der Waals surface area contributed by atoms with Gasteiger partial charge in [-0.15, -0.1) is 0 Å². The third-order valence-electron chi connectivity index (χ3n) is 5.43. The van der Waals surface area contributed by atoms with Crippen molar-refractivity contribution in [2.45, 2.75) is 25.3 Å². The highest BCUT2D eigenvalue weighted by Gasteiger charge is 2.36. The Hall–Kier alpha value is -2.51. The van der Waals surface area contributed by atoms with Crippen molar-refractivity contribution in [2.75, 3.05) is 26.2 Å². The molecular weight excluding hydrogens is 374 g/mol. The van der Waals surface area contributed by atoms with E-state index in [0.29, 0.717) is 17.7 Å². The number of carbonyl (C=O) groups is 3. The minimum absolute atomic E-state index is 0.123. The van der Waals surface area contributed by atoms with Crippen molar-refractivity contribution >= 4 is 29.1 Å². The van der Waals surface area contributed by atoms with Crippen LogP contribution in [0.3, 0.4) is 0 Å². The molecule has 1 atom stereocenters. The second-order valence-electron chi connectivity index (χ2n) is 7.22. The van der Waals surface area contributed by atoms with Gasteiger partial charge in [-0.1, -0.05) is 18.6 Å². The van der Waals surface area contributed by atoms with Crippen molar-refractivity contribution in [2.24, 2.45) is 0 Å². The molecule has 0 aliphatic carbocycles. The van der Waals surface area contributed by atoms with Crippen LogP contribution in [0.2, 0.25) is 0 Å². The second kappa shape index (κ2) is 8.24. The van der Waals surface area contributed by atoms with E-state index in [1.165, 1.54) is 24.8 Å². The number of rotatable bonds is 6. The molecule has 2 aliphatic rings. The summed E-state index contributed by atoms with van der Waals surface area (Å²) in [5.41, 5.74) is 1.93. The van der Waals surface area contributed by atoms with Gasteiger partial charge in [0.1, 0.15) is 6.54 Å². The maximum absolute atomic E-state index is 12.5. The summed E-state index contributed by atoms with van der Waals surface area (Å²) in [4.78, 5) is 40.8. The Labute approximate surface area is 168 Å². The molecule has 1 aromatic heterocycles. The summed E-state index contributed by atoms with van der Waals surface area (Å²) in [6, 6.07) is 8.90. The van der Waals surface area contributed by atoms with Crippen molar-refractivity contribution < 1.29 is 14.4 Å². The number of amides is 3. The van der Waals surface area contributed by atoms with Crippen LogP contribution in [0, 0.1) is 0 Å². The average molecular weight is 398 g/mol. The highest BCUT2D eigenvalue weighted by Crippen LogP contribution is 2.26. The molecule has 1 aromatic carbocycles. The van der Waals surface area contributed by atoms with Gasteiger partial charge in [-0.3, -0.25) is 24.2 Å². The normalized spacial score (nSPS) is 18.2. The van der Waals surface area contributed by atoms with Gasteiger partial charge in [0.2, 0.25) is 5.91 Å². The third kappa shape index (κ3) is 3.72. The zero-order valence-electron chi connectivity index (χ0n) is 15.6. The number of fused-ring (bicyclic) bond motifs is 1. The number of hydrogen-bond acceptors (Lipinski definition) is 5. The molecule has 7 heteroatoms. The van der Waals surface area contributed by atoms with Crippen molar-refractivity contribution in [3.05, 3.63) is 57.8 Å². The van der Waals surface area contributed by atoms with Gasteiger partial charge in [0.05, 0.1) is 17.2 Å². The first-order valence-electron chi connectivity index (χ1n) is 9.63. The number of benzene rings is 1. The first kappa shape index (κ1) is 18.8. The van der Waals surface area contributed by atoms with Gasteiger partial charge in [0.15, 0.2) is 0 Å². The van der Waals surface area contributed by atoms with Crippen LogP contribution in [0.15, 0.2) is 41.1 Å². The van der Waals surface area contributed by atoms with Crippen LogP contribution in [0.4, 0.5) is 0 Å². The molecule has 4 rings (SSSR count). The topological polar surface area (TPSA) is 69.7 Å². The van der Waals surface area contributed by atoms with E-state index < -0.39 is 11.8 Å². The molecule has 3 heterocycles. The Bertz CT molecular complexity index is 840.